The Kier molecular flexibility index (Phi) is 57.7. The number of unbranched alkanes of at least 4 members (excludes halogenated alkanes) is 12. The summed E-state index contributed by atoms with van der Waals surface area (Å²) in [7, 11) is -2.87. The highest BCUT2D eigenvalue weighted by molar-refractivity contribution is 7.30. The summed E-state index contributed by atoms with van der Waals surface area (Å²) in [6, 6.07) is 0. The van der Waals surface area contributed by atoms with Gasteiger partial charge in [-0.15, -0.1) is 9.79 Å². The first-order valence-electron chi connectivity index (χ1n) is 17.8. The molecular formula is C36H74O7P+. The normalized spacial score (nSPS) is 9.50. The third kappa shape index (κ3) is 72.7. The average Bonchev–Trinajstić information content (AvgIpc) is 2.98. The van der Waals surface area contributed by atoms with Gasteiger partial charge in [0.05, 0.1) is 0 Å². The summed E-state index contributed by atoms with van der Waals surface area (Å²) in [6.07, 6.45) is 25.6. The van der Waals surface area contributed by atoms with E-state index in [-0.39, 0.29) is 0 Å². The minimum atomic E-state index is -2.87. The van der Waals surface area contributed by atoms with Gasteiger partial charge in [0.1, 0.15) is 23.1 Å². The SMILES string of the molecule is CCCCCC(=O)CC.CCCCCC(=O)CCCCC.CCCCCCC(=O)CC.CCCCCCC(C)=O.O=[P+](O)O. The van der Waals surface area contributed by atoms with Crippen LogP contribution in [-0.4, -0.2) is 32.9 Å². The second-order valence-corrected chi connectivity index (χ2v) is 11.8. The molecule has 44 heavy (non-hydrogen) atoms. The van der Waals surface area contributed by atoms with Crippen LogP contribution < -0.4 is 0 Å². The van der Waals surface area contributed by atoms with Gasteiger partial charge >= 0.3 is 8.25 Å². The van der Waals surface area contributed by atoms with Gasteiger partial charge in [-0.2, -0.15) is 0 Å². The standard InChI is InChI=1S/C11H22O.C9H18O.2C8H16O.HO3P/c1-3-5-7-9-11(12)10-8-6-4-2;1-3-5-6-7-8-9(10)4-2;1-3-4-5-6-7-8(2)9;1-3-5-6-7-8(9)4-2;1-4(2)3/h3-10H2,1-2H3;3-8H2,1-2H3;2*3-7H2,1-2H3;(H-,1,2,3)/p+1. The Hall–Kier alpha value is -1.30. The van der Waals surface area contributed by atoms with Crippen molar-refractivity contribution in [2.75, 3.05) is 0 Å². The lowest BCUT2D eigenvalue weighted by Gasteiger charge is -1.98. The first-order chi connectivity index (χ1) is 20.9. The Morgan fingerprint density at radius 3 is 0.886 bits per heavy atom. The zero-order chi connectivity index (χ0) is 34.9. The first kappa shape index (κ1) is 52.2. The molecule has 7 nitrogen and oxygen atoms in total. The molecule has 0 aliphatic carbocycles. The summed E-state index contributed by atoms with van der Waals surface area (Å²) >= 11 is 0. The van der Waals surface area contributed by atoms with E-state index >= 15 is 0 Å². The van der Waals surface area contributed by atoms with Gasteiger partial charge in [0.15, 0.2) is 0 Å². The van der Waals surface area contributed by atoms with Gasteiger partial charge in [0.25, 0.3) is 0 Å². The summed E-state index contributed by atoms with van der Waals surface area (Å²) in [5.74, 6) is 1.61. The number of carbonyl (C=O) groups is 4. The lowest BCUT2D eigenvalue weighted by Crippen LogP contribution is -1.96. The van der Waals surface area contributed by atoms with Crippen LogP contribution in [0.15, 0.2) is 0 Å². The van der Waals surface area contributed by atoms with Crippen molar-refractivity contribution in [3.8, 4) is 0 Å². The fourth-order valence-electron chi connectivity index (χ4n) is 3.74. The second kappa shape index (κ2) is 48.6. The van der Waals surface area contributed by atoms with Crippen molar-refractivity contribution in [1.29, 1.82) is 0 Å². The highest BCUT2D eigenvalue weighted by Gasteiger charge is 2.00. The van der Waals surface area contributed by atoms with Crippen LogP contribution >= 0.6 is 8.25 Å². The van der Waals surface area contributed by atoms with E-state index in [0.717, 1.165) is 64.2 Å². The van der Waals surface area contributed by atoms with Crippen LogP contribution in [-0.2, 0) is 23.7 Å². The molecule has 0 heterocycles. The van der Waals surface area contributed by atoms with Crippen molar-refractivity contribution in [3.63, 3.8) is 0 Å². The molecule has 0 spiro atoms. The molecule has 0 aromatic carbocycles. The van der Waals surface area contributed by atoms with Crippen LogP contribution in [0.2, 0.25) is 0 Å². The van der Waals surface area contributed by atoms with Gasteiger partial charge in [0.2, 0.25) is 0 Å². The molecule has 0 aromatic heterocycles. The molecule has 0 rings (SSSR count). The van der Waals surface area contributed by atoms with Crippen molar-refractivity contribution >= 4 is 31.4 Å². The highest BCUT2D eigenvalue weighted by Crippen LogP contribution is 2.06. The Morgan fingerprint density at radius 2 is 0.636 bits per heavy atom. The van der Waals surface area contributed by atoms with Gasteiger partial charge in [-0.25, -0.2) is 0 Å². The molecule has 0 amide bonds. The molecule has 264 valence electrons. The molecule has 0 aromatic rings. The summed E-state index contributed by atoms with van der Waals surface area (Å²) in [5.41, 5.74) is 0. The molecular weight excluding hydrogens is 575 g/mol. The fourth-order valence-corrected chi connectivity index (χ4v) is 3.74. The zero-order valence-electron chi connectivity index (χ0n) is 30.4. The molecule has 2 N–H and O–H groups in total. The van der Waals surface area contributed by atoms with E-state index in [0.29, 0.717) is 36.0 Å². The van der Waals surface area contributed by atoms with E-state index in [9.17, 15) is 19.2 Å². The smallest absolute Gasteiger partial charge is 0.300 e. The lowest BCUT2D eigenvalue weighted by atomic mass is 10.1. The number of hydrogen-bond donors (Lipinski definition) is 2. The summed E-state index contributed by atoms with van der Waals surface area (Å²) in [6.45, 7) is 16.4. The van der Waals surface area contributed by atoms with Crippen molar-refractivity contribution in [2.45, 2.75) is 209 Å². The molecule has 0 atom stereocenters. The summed E-state index contributed by atoms with van der Waals surface area (Å²) in [4.78, 5) is 57.3. The van der Waals surface area contributed by atoms with E-state index in [2.05, 4.69) is 34.6 Å². The van der Waals surface area contributed by atoms with Crippen LogP contribution in [0.5, 0.6) is 0 Å². The highest BCUT2D eigenvalue weighted by atomic mass is 31.1. The Morgan fingerprint density at radius 1 is 0.409 bits per heavy atom. The van der Waals surface area contributed by atoms with Crippen molar-refractivity contribution in [1.82, 2.24) is 0 Å². The average molecular weight is 650 g/mol. The quantitative estimate of drug-likeness (QED) is 0.0786. The van der Waals surface area contributed by atoms with Crippen LogP contribution in [0.1, 0.15) is 209 Å². The van der Waals surface area contributed by atoms with E-state index in [1.807, 2.05) is 13.8 Å². The topological polar surface area (TPSA) is 126 Å². The predicted molar refractivity (Wildman–Crippen MR) is 188 cm³/mol. The van der Waals surface area contributed by atoms with E-state index in [1.54, 1.807) is 6.92 Å². The largest absolute Gasteiger partial charge is 0.692 e. The number of carbonyl (C=O) groups excluding carboxylic acids is 4. The van der Waals surface area contributed by atoms with Crippen molar-refractivity contribution < 1.29 is 33.5 Å². The Labute approximate surface area is 274 Å². The third-order valence-corrected chi connectivity index (χ3v) is 6.66. The number of rotatable bonds is 24. The molecule has 0 bridgehead atoms. The first-order valence-corrected chi connectivity index (χ1v) is 19.0. The fraction of sp³-hybridized carbons (Fsp3) is 0.889. The van der Waals surface area contributed by atoms with Crippen molar-refractivity contribution in [2.24, 2.45) is 0 Å². The number of hydrogen-bond acceptors (Lipinski definition) is 5. The van der Waals surface area contributed by atoms with Crippen molar-refractivity contribution in [3.05, 3.63) is 0 Å². The second-order valence-electron chi connectivity index (χ2n) is 11.3. The van der Waals surface area contributed by atoms with Gasteiger partial charge in [-0.1, -0.05) is 126 Å². The zero-order valence-corrected chi connectivity index (χ0v) is 31.2. The molecule has 0 aliphatic rings. The van der Waals surface area contributed by atoms with E-state index in [1.165, 1.54) is 77.0 Å². The molecule has 0 saturated carbocycles. The monoisotopic (exact) mass is 650 g/mol. The van der Waals surface area contributed by atoms with Crippen LogP contribution in [0.3, 0.4) is 0 Å². The maximum Gasteiger partial charge on any atom is 0.692 e. The van der Waals surface area contributed by atoms with Crippen LogP contribution in [0, 0.1) is 0 Å². The minimum absolute atomic E-state index is 0.325. The molecule has 0 saturated heterocycles. The Bertz CT molecular complexity index is 620. The summed E-state index contributed by atoms with van der Waals surface area (Å²) < 4.78 is 8.70. The molecule has 0 unspecified atom stereocenters. The minimum Gasteiger partial charge on any atom is -0.300 e. The van der Waals surface area contributed by atoms with E-state index < -0.39 is 8.25 Å². The molecule has 8 heteroatoms. The molecule has 0 aliphatic heterocycles. The lowest BCUT2D eigenvalue weighted by molar-refractivity contribution is -0.120. The molecule has 0 radical (unpaired) electrons. The Balaban J connectivity index is -0.000000148. The third-order valence-electron chi connectivity index (χ3n) is 6.66. The van der Waals surface area contributed by atoms with Crippen LogP contribution in [0.25, 0.3) is 0 Å². The van der Waals surface area contributed by atoms with Gasteiger partial charge in [-0.05, 0) is 39.0 Å². The maximum absolute atomic E-state index is 11.2. The predicted octanol–water partition coefficient (Wildman–Crippen LogP) is 11.4. The maximum atomic E-state index is 11.2. The van der Waals surface area contributed by atoms with Gasteiger partial charge in [0, 0.05) is 49.5 Å². The van der Waals surface area contributed by atoms with Gasteiger partial charge < -0.3 is 4.79 Å². The number of ketones is 4. The number of Topliss-reactive ketones (excluding diaryl/α,β-unsaturated/α-hetero) is 4. The molecule has 0 fully saturated rings. The van der Waals surface area contributed by atoms with E-state index in [4.69, 9.17) is 14.4 Å². The summed E-state index contributed by atoms with van der Waals surface area (Å²) in [5, 5.41) is 0. The van der Waals surface area contributed by atoms with Gasteiger partial charge in [-0.3, -0.25) is 14.4 Å². The van der Waals surface area contributed by atoms with Crippen LogP contribution in [0.4, 0.5) is 0 Å².